The van der Waals surface area contributed by atoms with E-state index in [-0.39, 0.29) is 0 Å². The lowest BCUT2D eigenvalue weighted by Crippen LogP contribution is -2.28. The van der Waals surface area contributed by atoms with Gasteiger partial charge in [-0.1, -0.05) is 28.1 Å². The standard InChI is InChI=1S/C12H18BrNO3S/c1-14(8-3-9-17-2)18(15,16)12-6-4-11(10-13)5-7-12/h4-7H,3,8-10H2,1-2H3. The SMILES string of the molecule is COCCCN(C)S(=O)(=O)c1ccc(CBr)cc1. The Bertz CT molecular complexity index is 459. The van der Waals surface area contributed by atoms with Crippen molar-refractivity contribution in [3.05, 3.63) is 29.8 Å². The number of benzene rings is 1. The molecule has 0 radical (unpaired) electrons. The fraction of sp³-hybridized carbons (Fsp3) is 0.500. The first-order chi connectivity index (χ1) is 8.52. The summed E-state index contributed by atoms with van der Waals surface area (Å²) in [6, 6.07) is 6.90. The lowest BCUT2D eigenvalue weighted by Gasteiger charge is -2.17. The second-order valence-electron chi connectivity index (χ2n) is 3.95. The summed E-state index contributed by atoms with van der Waals surface area (Å²) >= 11 is 3.33. The fourth-order valence-electron chi connectivity index (χ4n) is 1.48. The lowest BCUT2D eigenvalue weighted by atomic mass is 10.2. The monoisotopic (exact) mass is 335 g/mol. The molecule has 0 aliphatic heterocycles. The Morgan fingerprint density at radius 1 is 1.28 bits per heavy atom. The molecule has 1 rings (SSSR count). The molecule has 6 heteroatoms. The topological polar surface area (TPSA) is 46.6 Å². The lowest BCUT2D eigenvalue weighted by molar-refractivity contribution is 0.189. The van der Waals surface area contributed by atoms with Crippen LogP contribution in [0.4, 0.5) is 0 Å². The number of methoxy groups -OCH3 is 1. The van der Waals surface area contributed by atoms with Gasteiger partial charge in [-0.15, -0.1) is 0 Å². The maximum atomic E-state index is 12.2. The van der Waals surface area contributed by atoms with E-state index in [0.717, 1.165) is 10.9 Å². The number of hydrogen-bond donors (Lipinski definition) is 0. The minimum absolute atomic E-state index is 0.326. The Balaban J connectivity index is 2.77. The molecule has 0 bridgehead atoms. The van der Waals surface area contributed by atoms with Crippen LogP contribution in [0, 0.1) is 0 Å². The minimum Gasteiger partial charge on any atom is -0.385 e. The van der Waals surface area contributed by atoms with Gasteiger partial charge < -0.3 is 4.74 Å². The van der Waals surface area contributed by atoms with Gasteiger partial charge in [0.05, 0.1) is 4.90 Å². The third kappa shape index (κ3) is 4.05. The molecule has 0 aliphatic rings. The van der Waals surface area contributed by atoms with Gasteiger partial charge >= 0.3 is 0 Å². The van der Waals surface area contributed by atoms with E-state index in [9.17, 15) is 8.42 Å². The van der Waals surface area contributed by atoms with E-state index >= 15 is 0 Å². The highest BCUT2D eigenvalue weighted by Crippen LogP contribution is 2.16. The summed E-state index contributed by atoms with van der Waals surface area (Å²) in [5.74, 6) is 0. The van der Waals surface area contributed by atoms with Crippen LogP contribution in [0.3, 0.4) is 0 Å². The largest absolute Gasteiger partial charge is 0.385 e. The molecule has 1 aromatic rings. The summed E-state index contributed by atoms with van der Waals surface area (Å²) in [6.07, 6.45) is 0.686. The predicted molar refractivity (Wildman–Crippen MR) is 75.4 cm³/mol. The van der Waals surface area contributed by atoms with E-state index in [1.807, 2.05) is 12.1 Å². The molecule has 0 N–H and O–H groups in total. The summed E-state index contributed by atoms with van der Waals surface area (Å²) in [7, 11) is -0.191. The van der Waals surface area contributed by atoms with Crippen LogP contribution >= 0.6 is 15.9 Å². The van der Waals surface area contributed by atoms with E-state index in [4.69, 9.17) is 4.74 Å². The maximum Gasteiger partial charge on any atom is 0.242 e. The van der Waals surface area contributed by atoms with Crippen molar-refractivity contribution >= 4 is 26.0 Å². The van der Waals surface area contributed by atoms with Gasteiger partial charge in [0.15, 0.2) is 0 Å². The fourth-order valence-corrected chi connectivity index (χ4v) is 3.07. The second-order valence-corrected chi connectivity index (χ2v) is 6.56. The van der Waals surface area contributed by atoms with Crippen LogP contribution in [0.15, 0.2) is 29.2 Å². The van der Waals surface area contributed by atoms with Crippen LogP contribution in [0.5, 0.6) is 0 Å². The Morgan fingerprint density at radius 3 is 2.39 bits per heavy atom. The van der Waals surface area contributed by atoms with Crippen molar-refractivity contribution in [2.45, 2.75) is 16.6 Å². The maximum absolute atomic E-state index is 12.2. The second kappa shape index (κ2) is 7.23. The van der Waals surface area contributed by atoms with Gasteiger partial charge in [-0.25, -0.2) is 12.7 Å². The van der Waals surface area contributed by atoms with E-state index in [2.05, 4.69) is 15.9 Å². The van der Waals surface area contributed by atoms with Crippen LogP contribution in [0.1, 0.15) is 12.0 Å². The number of nitrogens with zero attached hydrogens (tertiary/aromatic N) is 1. The summed E-state index contributed by atoms with van der Waals surface area (Å²) < 4.78 is 30.7. The predicted octanol–water partition coefficient (Wildman–Crippen LogP) is 2.24. The van der Waals surface area contributed by atoms with Crippen LogP contribution in [-0.2, 0) is 20.1 Å². The van der Waals surface area contributed by atoms with Crippen LogP contribution in [0.25, 0.3) is 0 Å². The van der Waals surface area contributed by atoms with Crippen LogP contribution in [0.2, 0.25) is 0 Å². The van der Waals surface area contributed by atoms with Crippen molar-refractivity contribution in [3.8, 4) is 0 Å². The van der Waals surface area contributed by atoms with Gasteiger partial charge in [0, 0.05) is 32.6 Å². The molecule has 0 atom stereocenters. The first kappa shape index (κ1) is 15.6. The van der Waals surface area contributed by atoms with Crippen molar-refractivity contribution in [2.24, 2.45) is 0 Å². The van der Waals surface area contributed by atoms with Crippen molar-refractivity contribution in [1.29, 1.82) is 0 Å². The van der Waals surface area contributed by atoms with Crippen LogP contribution < -0.4 is 0 Å². The van der Waals surface area contributed by atoms with E-state index in [0.29, 0.717) is 24.5 Å². The average Bonchev–Trinajstić information content (AvgIpc) is 2.39. The molecule has 4 nitrogen and oxygen atoms in total. The normalized spacial score (nSPS) is 12.0. The molecule has 0 fully saturated rings. The first-order valence-corrected chi connectivity index (χ1v) is 8.18. The average molecular weight is 336 g/mol. The molecule has 0 saturated heterocycles. The van der Waals surface area contributed by atoms with Gasteiger partial charge in [-0.2, -0.15) is 0 Å². The highest BCUT2D eigenvalue weighted by Gasteiger charge is 2.19. The molecule has 0 unspecified atom stereocenters. The molecular weight excluding hydrogens is 318 g/mol. The van der Waals surface area contributed by atoms with Crippen molar-refractivity contribution in [3.63, 3.8) is 0 Å². The van der Waals surface area contributed by atoms with E-state index in [1.54, 1.807) is 26.3 Å². The van der Waals surface area contributed by atoms with Gasteiger partial charge in [0.25, 0.3) is 0 Å². The summed E-state index contributed by atoms with van der Waals surface area (Å²) in [6.45, 7) is 1.01. The number of hydrogen-bond acceptors (Lipinski definition) is 3. The third-order valence-corrected chi connectivity index (χ3v) is 5.13. The number of alkyl halides is 1. The number of sulfonamides is 1. The molecule has 102 valence electrons. The van der Waals surface area contributed by atoms with E-state index < -0.39 is 10.0 Å². The smallest absolute Gasteiger partial charge is 0.242 e. The Hall–Kier alpha value is -0.430. The molecule has 0 aromatic heterocycles. The molecular formula is C12H18BrNO3S. The molecule has 0 amide bonds. The molecule has 0 heterocycles. The zero-order chi connectivity index (χ0) is 13.6. The molecule has 1 aromatic carbocycles. The zero-order valence-corrected chi connectivity index (χ0v) is 13.0. The van der Waals surface area contributed by atoms with Crippen LogP contribution in [-0.4, -0.2) is 40.0 Å². The Labute approximate surface area is 117 Å². The quantitative estimate of drug-likeness (QED) is 0.567. The highest BCUT2D eigenvalue weighted by atomic mass is 79.9. The van der Waals surface area contributed by atoms with Gasteiger partial charge in [0.2, 0.25) is 10.0 Å². The number of ether oxygens (including phenoxy) is 1. The Morgan fingerprint density at radius 2 is 1.89 bits per heavy atom. The molecule has 0 saturated carbocycles. The third-order valence-electron chi connectivity index (χ3n) is 2.61. The number of rotatable bonds is 7. The zero-order valence-electron chi connectivity index (χ0n) is 10.6. The van der Waals surface area contributed by atoms with E-state index in [1.165, 1.54) is 4.31 Å². The molecule has 0 spiro atoms. The van der Waals surface area contributed by atoms with Gasteiger partial charge in [0.1, 0.15) is 0 Å². The number of halogens is 1. The first-order valence-electron chi connectivity index (χ1n) is 5.62. The molecule has 18 heavy (non-hydrogen) atoms. The Kier molecular flexibility index (Phi) is 6.28. The summed E-state index contributed by atoms with van der Waals surface area (Å²) in [5.41, 5.74) is 1.05. The minimum atomic E-state index is -3.38. The van der Waals surface area contributed by atoms with Gasteiger partial charge in [-0.3, -0.25) is 0 Å². The van der Waals surface area contributed by atoms with Crippen molar-refractivity contribution in [2.75, 3.05) is 27.3 Å². The molecule has 0 aliphatic carbocycles. The summed E-state index contributed by atoms with van der Waals surface area (Å²) in [4.78, 5) is 0.326. The van der Waals surface area contributed by atoms with Crippen molar-refractivity contribution < 1.29 is 13.2 Å². The van der Waals surface area contributed by atoms with Crippen molar-refractivity contribution in [1.82, 2.24) is 4.31 Å². The highest BCUT2D eigenvalue weighted by molar-refractivity contribution is 9.08. The summed E-state index contributed by atoms with van der Waals surface area (Å²) in [5, 5.41) is 0.719. The van der Waals surface area contributed by atoms with Gasteiger partial charge in [-0.05, 0) is 24.1 Å².